The van der Waals surface area contributed by atoms with E-state index in [4.69, 9.17) is 5.11 Å². The Morgan fingerprint density at radius 2 is 2.00 bits per heavy atom. The second-order valence-corrected chi connectivity index (χ2v) is 0.995. The summed E-state index contributed by atoms with van der Waals surface area (Å²) < 4.78 is 0. The molecule has 4 heteroatoms. The fourth-order valence-corrected chi connectivity index (χ4v) is 0. The van der Waals surface area contributed by atoms with Gasteiger partial charge in [0, 0.05) is 0 Å². The molecule has 0 rings (SSSR count). The Kier molecular flexibility index (Phi) is 5.93. The minimum Gasteiger partial charge on any atom is -0.547 e. The summed E-state index contributed by atoms with van der Waals surface area (Å²) in [4.78, 5) is 9.34. The zero-order valence-corrected chi connectivity index (χ0v) is 5.07. The molecule has 36 valence electrons. The van der Waals surface area contributed by atoms with Crippen LogP contribution in [0.4, 0.5) is 0 Å². The van der Waals surface area contributed by atoms with Gasteiger partial charge in [-0.1, -0.05) is 0 Å². The van der Waals surface area contributed by atoms with Gasteiger partial charge in [0.15, 0.2) is 0 Å². The molecule has 0 amide bonds. The fourth-order valence-electron chi connectivity index (χ4n) is 0. The van der Waals surface area contributed by atoms with Gasteiger partial charge < -0.3 is 15.0 Å². The molecule has 0 radical (unpaired) electrons. The molecule has 0 aromatic rings. The molecule has 7 heavy (non-hydrogen) atoms. The number of carboxylic acid groups (broad SMARTS) is 1. The number of aliphatic hydroxyl groups is 1. The molecule has 0 aromatic carbocycles. The van der Waals surface area contributed by atoms with Crippen LogP contribution in [0.25, 0.3) is 0 Å². The SMILES string of the molecule is CC(O)C(=O)[O-].[Al+3]. The molecule has 0 spiro atoms. The third kappa shape index (κ3) is 5.96. The number of carbonyl (C=O) groups is 1. The molecule has 3 nitrogen and oxygen atoms in total. The predicted molar refractivity (Wildman–Crippen MR) is 22.4 cm³/mol. The molecule has 1 unspecified atom stereocenters. The zero-order chi connectivity index (χ0) is 5.15. The fraction of sp³-hybridized carbons (Fsp3) is 0.667. The van der Waals surface area contributed by atoms with Gasteiger partial charge in [-0.2, -0.15) is 0 Å². The summed E-state index contributed by atoms with van der Waals surface area (Å²) in [6, 6.07) is 0. The summed E-state index contributed by atoms with van der Waals surface area (Å²) in [5.41, 5.74) is 0. The minimum atomic E-state index is -1.44. The number of hydrogen-bond acceptors (Lipinski definition) is 3. The second-order valence-electron chi connectivity index (χ2n) is 0.995. The van der Waals surface area contributed by atoms with Crippen LogP contribution in [-0.2, 0) is 4.79 Å². The van der Waals surface area contributed by atoms with Crippen LogP contribution in [0.5, 0.6) is 0 Å². The van der Waals surface area contributed by atoms with Crippen molar-refractivity contribution in [1.82, 2.24) is 0 Å². The molecular formula is C3H5AlO3+2. The predicted octanol–water partition coefficient (Wildman–Crippen LogP) is -2.26. The first-order chi connectivity index (χ1) is 2.64. The van der Waals surface area contributed by atoms with Crippen LogP contribution in [0.15, 0.2) is 0 Å². The van der Waals surface area contributed by atoms with Crippen molar-refractivity contribution in [3.05, 3.63) is 0 Å². The quantitative estimate of drug-likeness (QED) is 0.393. The van der Waals surface area contributed by atoms with Crippen molar-refractivity contribution in [2.24, 2.45) is 0 Å². The van der Waals surface area contributed by atoms with E-state index in [1.807, 2.05) is 0 Å². The Hall–Kier alpha value is -0.0375. The summed E-state index contributed by atoms with van der Waals surface area (Å²) in [5.74, 6) is -1.44. The average molecular weight is 116 g/mol. The number of carbonyl (C=O) groups excluding carboxylic acids is 1. The molecule has 0 aliphatic rings. The Balaban J connectivity index is 0. The van der Waals surface area contributed by atoms with E-state index in [2.05, 4.69) is 0 Å². The maximum Gasteiger partial charge on any atom is 3.00 e. The summed E-state index contributed by atoms with van der Waals surface area (Å²) in [5, 5.41) is 17.3. The monoisotopic (exact) mass is 116 g/mol. The van der Waals surface area contributed by atoms with E-state index in [9.17, 15) is 9.90 Å². The maximum absolute atomic E-state index is 9.34. The van der Waals surface area contributed by atoms with E-state index in [1.165, 1.54) is 0 Å². The van der Waals surface area contributed by atoms with Crippen molar-refractivity contribution in [1.29, 1.82) is 0 Å². The molecule has 0 fully saturated rings. The van der Waals surface area contributed by atoms with Gasteiger partial charge in [-0.25, -0.2) is 0 Å². The number of aliphatic hydroxyl groups excluding tert-OH is 1. The molecule has 0 saturated heterocycles. The van der Waals surface area contributed by atoms with Crippen molar-refractivity contribution in [2.75, 3.05) is 0 Å². The van der Waals surface area contributed by atoms with Gasteiger partial charge in [0.25, 0.3) is 0 Å². The van der Waals surface area contributed by atoms with Gasteiger partial charge in [0.1, 0.15) is 0 Å². The van der Waals surface area contributed by atoms with Crippen molar-refractivity contribution < 1.29 is 15.0 Å². The molecule has 0 saturated carbocycles. The first-order valence-electron chi connectivity index (χ1n) is 1.53. The van der Waals surface area contributed by atoms with Crippen LogP contribution in [-0.4, -0.2) is 34.5 Å². The van der Waals surface area contributed by atoms with Crippen molar-refractivity contribution >= 4 is 23.3 Å². The van der Waals surface area contributed by atoms with Crippen LogP contribution in [0.1, 0.15) is 6.92 Å². The largest absolute Gasteiger partial charge is 3.00 e. The second kappa shape index (κ2) is 4.13. The van der Waals surface area contributed by atoms with E-state index in [1.54, 1.807) is 0 Å². The topological polar surface area (TPSA) is 60.4 Å². The van der Waals surface area contributed by atoms with Crippen LogP contribution >= 0.6 is 0 Å². The number of carboxylic acids is 1. The molecule has 0 bridgehead atoms. The summed E-state index contributed by atoms with van der Waals surface area (Å²) in [7, 11) is 0. The van der Waals surface area contributed by atoms with Crippen molar-refractivity contribution in [3.63, 3.8) is 0 Å². The smallest absolute Gasteiger partial charge is 0.547 e. The molecule has 0 heterocycles. The normalized spacial score (nSPS) is 11.7. The van der Waals surface area contributed by atoms with Crippen LogP contribution < -0.4 is 5.11 Å². The van der Waals surface area contributed by atoms with Crippen LogP contribution in [0.2, 0.25) is 0 Å². The van der Waals surface area contributed by atoms with Crippen LogP contribution in [0.3, 0.4) is 0 Å². The van der Waals surface area contributed by atoms with Gasteiger partial charge >= 0.3 is 17.4 Å². The van der Waals surface area contributed by atoms with Gasteiger partial charge in [-0.05, 0) is 6.92 Å². The first kappa shape index (κ1) is 10.1. The molecule has 0 aliphatic carbocycles. The van der Waals surface area contributed by atoms with E-state index in [0.717, 1.165) is 6.92 Å². The average Bonchev–Trinajstić information content (AvgIpc) is 1.36. The first-order valence-corrected chi connectivity index (χ1v) is 1.53. The van der Waals surface area contributed by atoms with E-state index in [0.29, 0.717) is 0 Å². The number of aliphatic carboxylic acids is 1. The Morgan fingerprint density at radius 3 is 2.00 bits per heavy atom. The molecule has 1 atom stereocenters. The Labute approximate surface area is 52.1 Å². The Morgan fingerprint density at radius 1 is 1.86 bits per heavy atom. The standard InChI is InChI=1S/C3H6O3.Al/c1-2(4)3(5)6;/h2,4H,1H3,(H,5,6);/q;+3/p-1. The van der Waals surface area contributed by atoms with Gasteiger partial charge in [0.05, 0.1) is 12.1 Å². The van der Waals surface area contributed by atoms with Crippen molar-refractivity contribution in [2.45, 2.75) is 13.0 Å². The zero-order valence-electron chi connectivity index (χ0n) is 3.92. The third-order valence-corrected chi connectivity index (χ3v) is 0.341. The van der Waals surface area contributed by atoms with Gasteiger partial charge in [-0.3, -0.25) is 0 Å². The van der Waals surface area contributed by atoms with E-state index < -0.39 is 12.1 Å². The van der Waals surface area contributed by atoms with Crippen LogP contribution in [0, 0.1) is 0 Å². The molecule has 1 N–H and O–H groups in total. The number of rotatable bonds is 1. The van der Waals surface area contributed by atoms with Gasteiger partial charge in [0.2, 0.25) is 0 Å². The van der Waals surface area contributed by atoms with E-state index >= 15 is 0 Å². The van der Waals surface area contributed by atoms with Gasteiger partial charge in [-0.15, -0.1) is 0 Å². The Bertz CT molecular complexity index is 61.2. The molecule has 0 aliphatic heterocycles. The summed E-state index contributed by atoms with van der Waals surface area (Å²) in [6.45, 7) is 1.13. The summed E-state index contributed by atoms with van der Waals surface area (Å²) in [6.07, 6.45) is -1.34. The van der Waals surface area contributed by atoms with E-state index in [-0.39, 0.29) is 17.4 Å². The maximum atomic E-state index is 9.34. The van der Waals surface area contributed by atoms with Crippen molar-refractivity contribution in [3.8, 4) is 0 Å². The summed E-state index contributed by atoms with van der Waals surface area (Å²) >= 11 is 0. The third-order valence-electron chi connectivity index (χ3n) is 0.341. The molecular weight excluding hydrogens is 111 g/mol. The minimum absolute atomic E-state index is 0. The molecule has 0 aromatic heterocycles. The number of hydrogen-bond donors (Lipinski definition) is 1.